The Labute approximate surface area is 118 Å². The molecular weight excluding hydrogens is 240 g/mol. The second-order valence-corrected chi connectivity index (χ2v) is 3.54. The van der Waals surface area contributed by atoms with Gasteiger partial charge in [-0.15, -0.1) is 0 Å². The van der Waals surface area contributed by atoms with E-state index in [-0.39, 0.29) is 37.7 Å². The summed E-state index contributed by atoms with van der Waals surface area (Å²) in [7, 11) is 0. The summed E-state index contributed by atoms with van der Waals surface area (Å²) in [5.41, 5.74) is 0. The third-order valence-corrected chi connectivity index (χ3v) is 1.10. The number of hydrogen-bond acceptors (Lipinski definition) is 6. The van der Waals surface area contributed by atoms with Crippen molar-refractivity contribution in [1.29, 1.82) is 0 Å². The van der Waals surface area contributed by atoms with Crippen LogP contribution in [0.2, 0.25) is 0 Å². The molecule has 0 aliphatic rings. The van der Waals surface area contributed by atoms with Crippen molar-refractivity contribution in [2.75, 3.05) is 0 Å². The van der Waals surface area contributed by atoms with Crippen LogP contribution in [-0.2, 0) is 9.59 Å². The molecule has 2 atom stereocenters. The topological polar surface area (TPSA) is 80.3 Å². The van der Waals surface area contributed by atoms with Gasteiger partial charge in [-0.2, -0.15) is 25.3 Å². The summed E-state index contributed by atoms with van der Waals surface area (Å²) in [5.74, 6) is -2.25. The average Bonchev–Trinajstić information content (AvgIpc) is 1.88. The molecule has 0 aliphatic carbocycles. The number of carboxylic acids is 2. The van der Waals surface area contributed by atoms with Crippen LogP contribution in [0.1, 0.15) is 13.8 Å². The van der Waals surface area contributed by atoms with Crippen molar-refractivity contribution in [1.82, 2.24) is 0 Å². The summed E-state index contributed by atoms with van der Waals surface area (Å²) in [6.45, 7) is 2.89. The van der Waals surface area contributed by atoms with Crippen LogP contribution >= 0.6 is 25.3 Å². The molecule has 0 N–H and O–H groups in total. The average molecular weight is 250 g/mol. The minimum absolute atomic E-state index is 0. The summed E-state index contributed by atoms with van der Waals surface area (Å²) in [6.07, 6.45) is 0. The van der Waals surface area contributed by atoms with Crippen molar-refractivity contribution in [2.45, 2.75) is 24.3 Å². The second-order valence-electron chi connectivity index (χ2n) is 1.99. The van der Waals surface area contributed by atoms with Crippen LogP contribution in [0, 0.1) is 0 Å². The predicted octanol–water partition coefficient (Wildman–Crippen LogP) is -2.27. The van der Waals surface area contributed by atoms with E-state index in [9.17, 15) is 19.8 Å². The zero-order valence-electron chi connectivity index (χ0n) is 7.39. The van der Waals surface area contributed by atoms with Gasteiger partial charge in [0.15, 0.2) is 0 Å². The van der Waals surface area contributed by atoms with Crippen LogP contribution in [0.25, 0.3) is 0 Å². The van der Waals surface area contributed by atoms with E-state index in [0.717, 1.165) is 0 Å². The SMILES string of the molecule is CC(S)C(=O)[O-].CC(S)C(=O)[O-].[Ca+2]. The van der Waals surface area contributed by atoms with Crippen LogP contribution in [0.3, 0.4) is 0 Å². The van der Waals surface area contributed by atoms with Gasteiger partial charge < -0.3 is 19.8 Å². The van der Waals surface area contributed by atoms with E-state index in [2.05, 4.69) is 25.3 Å². The fourth-order valence-electron chi connectivity index (χ4n) is 0. The Morgan fingerprint density at radius 3 is 1.08 bits per heavy atom. The Morgan fingerprint density at radius 2 is 1.08 bits per heavy atom. The molecule has 13 heavy (non-hydrogen) atoms. The van der Waals surface area contributed by atoms with E-state index < -0.39 is 22.4 Å². The maximum absolute atomic E-state index is 9.51. The van der Waals surface area contributed by atoms with E-state index in [4.69, 9.17) is 0 Å². The molecule has 0 aromatic rings. The molecule has 0 aliphatic heterocycles. The molecule has 0 radical (unpaired) electrons. The molecule has 0 fully saturated rings. The zero-order chi connectivity index (χ0) is 10.3. The maximum Gasteiger partial charge on any atom is 2.00 e. The molecule has 0 amide bonds. The van der Waals surface area contributed by atoms with Gasteiger partial charge in [0, 0.05) is 10.5 Å². The van der Waals surface area contributed by atoms with E-state index in [0.29, 0.717) is 0 Å². The summed E-state index contributed by atoms with van der Waals surface area (Å²) in [6, 6.07) is 0. The van der Waals surface area contributed by atoms with Crippen molar-refractivity contribution in [2.24, 2.45) is 0 Å². The van der Waals surface area contributed by atoms with Crippen LogP contribution in [-0.4, -0.2) is 60.2 Å². The van der Waals surface area contributed by atoms with Crippen LogP contribution in [0.15, 0.2) is 0 Å². The zero-order valence-corrected chi connectivity index (χ0v) is 11.4. The second kappa shape index (κ2) is 11.0. The quantitative estimate of drug-likeness (QED) is 0.428. The van der Waals surface area contributed by atoms with Gasteiger partial charge in [-0.3, -0.25) is 0 Å². The van der Waals surface area contributed by atoms with Gasteiger partial charge in [-0.25, -0.2) is 0 Å². The molecule has 0 heterocycles. The maximum atomic E-state index is 9.51. The molecule has 4 nitrogen and oxygen atoms in total. The molecule has 7 heteroatoms. The first-order valence-electron chi connectivity index (χ1n) is 3.06. The summed E-state index contributed by atoms with van der Waals surface area (Å²) < 4.78 is 0. The number of carbonyl (C=O) groups excluding carboxylic acids is 2. The molecule has 0 rings (SSSR count). The standard InChI is InChI=1S/2C3H6O2S.Ca/c2*1-2(6)3(4)5;/h2*2,6H,1H3,(H,4,5);/q;;+2/p-2. The van der Waals surface area contributed by atoms with E-state index in [1.54, 1.807) is 0 Å². The van der Waals surface area contributed by atoms with Crippen molar-refractivity contribution in [3.8, 4) is 0 Å². The molecule has 0 saturated heterocycles. The summed E-state index contributed by atoms with van der Waals surface area (Å²) in [4.78, 5) is 19.0. The number of carbonyl (C=O) groups is 2. The van der Waals surface area contributed by atoms with Gasteiger partial charge >= 0.3 is 37.7 Å². The number of hydrogen-bond donors (Lipinski definition) is 2. The molecule has 0 bridgehead atoms. The number of carboxylic acid groups (broad SMARTS) is 2. The monoisotopic (exact) mass is 250 g/mol. The smallest absolute Gasteiger partial charge is 0.549 e. The number of rotatable bonds is 2. The molecule has 0 aromatic heterocycles. The van der Waals surface area contributed by atoms with Crippen molar-refractivity contribution in [3.05, 3.63) is 0 Å². The van der Waals surface area contributed by atoms with Crippen LogP contribution in [0.4, 0.5) is 0 Å². The Bertz CT molecular complexity index is 143. The molecule has 2 unspecified atom stereocenters. The Balaban J connectivity index is -0.000000143. The summed E-state index contributed by atoms with van der Waals surface area (Å²) in [5, 5.41) is 17.7. The predicted molar refractivity (Wildman–Crippen MR) is 52.7 cm³/mol. The van der Waals surface area contributed by atoms with E-state index in [1.807, 2.05) is 0 Å². The largest absolute Gasteiger partial charge is 2.00 e. The minimum atomic E-state index is -1.13. The third kappa shape index (κ3) is 19.3. The Morgan fingerprint density at radius 1 is 1.00 bits per heavy atom. The van der Waals surface area contributed by atoms with Gasteiger partial charge in [0.25, 0.3) is 0 Å². The molecule has 0 spiro atoms. The van der Waals surface area contributed by atoms with Gasteiger partial charge in [0.1, 0.15) is 0 Å². The molecule has 72 valence electrons. The van der Waals surface area contributed by atoms with E-state index >= 15 is 0 Å². The molecule has 0 aromatic carbocycles. The minimum Gasteiger partial charge on any atom is -0.549 e. The van der Waals surface area contributed by atoms with Gasteiger partial charge in [-0.05, 0) is 13.8 Å². The fourth-order valence-corrected chi connectivity index (χ4v) is 0. The first-order valence-corrected chi connectivity index (χ1v) is 4.10. The molecular formula is C6H10CaO4S2. The Hall–Kier alpha value is 0.900. The van der Waals surface area contributed by atoms with Crippen LogP contribution < -0.4 is 10.2 Å². The van der Waals surface area contributed by atoms with E-state index in [1.165, 1.54) is 13.8 Å². The normalized spacial score (nSPS) is 12.6. The third-order valence-electron chi connectivity index (χ3n) is 0.682. The van der Waals surface area contributed by atoms with Crippen LogP contribution in [0.5, 0.6) is 0 Å². The van der Waals surface area contributed by atoms with Gasteiger partial charge in [0.05, 0.1) is 11.9 Å². The van der Waals surface area contributed by atoms with Gasteiger partial charge in [-0.1, -0.05) is 0 Å². The summed E-state index contributed by atoms with van der Waals surface area (Å²) >= 11 is 7.06. The van der Waals surface area contributed by atoms with Crippen molar-refractivity contribution >= 4 is 74.9 Å². The fraction of sp³-hybridized carbons (Fsp3) is 0.667. The first kappa shape index (κ1) is 19.5. The number of aliphatic carboxylic acids is 2. The Kier molecular flexibility index (Phi) is 16.4. The van der Waals surface area contributed by atoms with Crippen molar-refractivity contribution in [3.63, 3.8) is 0 Å². The molecule has 0 saturated carbocycles. The van der Waals surface area contributed by atoms with Gasteiger partial charge in [0.2, 0.25) is 0 Å². The number of thiol groups is 2. The van der Waals surface area contributed by atoms with Crippen molar-refractivity contribution < 1.29 is 19.8 Å². The first-order chi connectivity index (χ1) is 5.29.